The molecule has 84 valence electrons. The van der Waals surface area contributed by atoms with Gasteiger partial charge in [-0.15, -0.1) is 0 Å². The van der Waals surface area contributed by atoms with E-state index in [9.17, 15) is 0 Å². The highest BCUT2D eigenvalue weighted by Crippen LogP contribution is 2.24. The van der Waals surface area contributed by atoms with Crippen LogP contribution >= 0.6 is 0 Å². The number of nitrogens with one attached hydrogen (secondary N) is 1. The molecule has 0 spiro atoms. The van der Waals surface area contributed by atoms with Crippen LogP contribution in [0.4, 0.5) is 0 Å². The first kappa shape index (κ1) is 10.7. The van der Waals surface area contributed by atoms with Gasteiger partial charge in [0.1, 0.15) is 0 Å². The summed E-state index contributed by atoms with van der Waals surface area (Å²) in [5.41, 5.74) is 0. The van der Waals surface area contributed by atoms with Gasteiger partial charge in [-0.25, -0.2) is 4.98 Å². The Labute approximate surface area is 91.9 Å². The second-order valence-corrected chi connectivity index (χ2v) is 4.72. The molecule has 15 heavy (non-hydrogen) atoms. The fourth-order valence-corrected chi connectivity index (χ4v) is 2.38. The molecule has 1 fully saturated rings. The van der Waals surface area contributed by atoms with Gasteiger partial charge >= 0.3 is 0 Å². The Morgan fingerprint density at radius 2 is 2.40 bits per heavy atom. The van der Waals surface area contributed by atoms with Crippen LogP contribution in [0.15, 0.2) is 18.7 Å². The average Bonchev–Trinajstić information content (AvgIpc) is 2.84. The summed E-state index contributed by atoms with van der Waals surface area (Å²) in [6.45, 7) is 4.57. The van der Waals surface area contributed by atoms with Crippen molar-refractivity contribution in [3.8, 4) is 0 Å². The topological polar surface area (TPSA) is 29.9 Å². The molecule has 0 bridgehead atoms. The van der Waals surface area contributed by atoms with Gasteiger partial charge in [-0.2, -0.15) is 0 Å². The number of hydrogen-bond acceptors (Lipinski definition) is 2. The van der Waals surface area contributed by atoms with E-state index in [2.05, 4.69) is 21.8 Å². The SMILES string of the molecule is C[C@H]1CC[C@@H](NCCCn2ccnc2)C1. The third-order valence-electron chi connectivity index (χ3n) is 3.28. The fraction of sp³-hybridized carbons (Fsp3) is 0.750. The predicted molar refractivity (Wildman–Crippen MR) is 61.6 cm³/mol. The molecule has 1 aliphatic rings. The summed E-state index contributed by atoms with van der Waals surface area (Å²) >= 11 is 0. The van der Waals surface area contributed by atoms with E-state index in [1.165, 1.54) is 25.7 Å². The molecular formula is C12H21N3. The minimum Gasteiger partial charge on any atom is -0.337 e. The molecule has 1 heterocycles. The molecule has 3 heteroatoms. The maximum absolute atomic E-state index is 4.03. The van der Waals surface area contributed by atoms with Crippen molar-refractivity contribution in [1.82, 2.24) is 14.9 Å². The molecule has 1 aromatic heterocycles. The monoisotopic (exact) mass is 207 g/mol. The Bertz CT molecular complexity index is 268. The summed E-state index contributed by atoms with van der Waals surface area (Å²) in [6.07, 6.45) is 11.1. The van der Waals surface area contributed by atoms with Crippen molar-refractivity contribution in [1.29, 1.82) is 0 Å². The minimum absolute atomic E-state index is 0.780. The predicted octanol–water partition coefficient (Wildman–Crippen LogP) is 2.05. The summed E-state index contributed by atoms with van der Waals surface area (Å²) in [5.74, 6) is 0.927. The summed E-state index contributed by atoms with van der Waals surface area (Å²) in [6, 6.07) is 0.780. The fourth-order valence-electron chi connectivity index (χ4n) is 2.38. The zero-order valence-electron chi connectivity index (χ0n) is 9.52. The Kier molecular flexibility index (Phi) is 3.78. The molecule has 1 saturated carbocycles. The molecule has 0 amide bonds. The van der Waals surface area contributed by atoms with Crippen molar-refractivity contribution in [2.45, 2.75) is 45.2 Å². The molecular weight excluding hydrogens is 186 g/mol. The van der Waals surface area contributed by atoms with Gasteiger partial charge < -0.3 is 9.88 Å². The lowest BCUT2D eigenvalue weighted by Crippen LogP contribution is -2.27. The van der Waals surface area contributed by atoms with Gasteiger partial charge in [0.15, 0.2) is 0 Å². The van der Waals surface area contributed by atoms with Gasteiger partial charge in [0.2, 0.25) is 0 Å². The lowest BCUT2D eigenvalue weighted by atomic mass is 10.1. The van der Waals surface area contributed by atoms with Crippen molar-refractivity contribution < 1.29 is 0 Å². The molecule has 0 saturated heterocycles. The van der Waals surface area contributed by atoms with Gasteiger partial charge in [0, 0.05) is 25.0 Å². The van der Waals surface area contributed by atoms with Crippen LogP contribution in [0.25, 0.3) is 0 Å². The van der Waals surface area contributed by atoms with Crippen LogP contribution in [-0.2, 0) is 6.54 Å². The van der Waals surface area contributed by atoms with E-state index in [1.807, 2.05) is 18.7 Å². The largest absolute Gasteiger partial charge is 0.337 e. The van der Waals surface area contributed by atoms with Crippen LogP contribution in [0, 0.1) is 5.92 Å². The first-order valence-corrected chi connectivity index (χ1v) is 6.03. The minimum atomic E-state index is 0.780. The summed E-state index contributed by atoms with van der Waals surface area (Å²) in [4.78, 5) is 4.03. The molecule has 0 unspecified atom stereocenters. The average molecular weight is 207 g/mol. The summed E-state index contributed by atoms with van der Waals surface area (Å²) < 4.78 is 2.14. The second-order valence-electron chi connectivity index (χ2n) is 4.72. The number of imidazole rings is 1. The number of aryl methyl sites for hydroxylation is 1. The van der Waals surface area contributed by atoms with E-state index in [0.29, 0.717) is 0 Å². The van der Waals surface area contributed by atoms with Crippen molar-refractivity contribution in [3.05, 3.63) is 18.7 Å². The standard InChI is InChI=1S/C12H21N3/c1-11-3-4-12(9-11)14-5-2-7-15-8-6-13-10-15/h6,8,10-12,14H,2-5,7,9H2,1H3/t11-,12+/m0/s1. The number of aromatic nitrogens is 2. The summed E-state index contributed by atoms with van der Waals surface area (Å²) in [7, 11) is 0. The molecule has 0 aliphatic heterocycles. The van der Waals surface area contributed by atoms with Gasteiger partial charge in [0.05, 0.1) is 6.33 Å². The van der Waals surface area contributed by atoms with Crippen LogP contribution in [0.1, 0.15) is 32.6 Å². The van der Waals surface area contributed by atoms with E-state index in [0.717, 1.165) is 25.0 Å². The quantitative estimate of drug-likeness (QED) is 0.749. The number of nitrogens with zero attached hydrogens (tertiary/aromatic N) is 2. The van der Waals surface area contributed by atoms with Gasteiger partial charge in [-0.05, 0) is 38.1 Å². The lowest BCUT2D eigenvalue weighted by molar-refractivity contribution is 0.481. The van der Waals surface area contributed by atoms with Crippen molar-refractivity contribution >= 4 is 0 Å². The van der Waals surface area contributed by atoms with Crippen molar-refractivity contribution in [2.24, 2.45) is 5.92 Å². The maximum Gasteiger partial charge on any atom is 0.0945 e. The highest BCUT2D eigenvalue weighted by atomic mass is 15.0. The molecule has 2 rings (SSSR count). The van der Waals surface area contributed by atoms with Crippen LogP contribution in [-0.4, -0.2) is 22.1 Å². The van der Waals surface area contributed by atoms with Crippen LogP contribution in [0.3, 0.4) is 0 Å². The Morgan fingerprint density at radius 1 is 1.47 bits per heavy atom. The molecule has 1 aromatic rings. The molecule has 0 radical (unpaired) electrons. The van der Waals surface area contributed by atoms with E-state index in [-0.39, 0.29) is 0 Å². The lowest BCUT2D eigenvalue weighted by Gasteiger charge is -2.12. The molecule has 1 aliphatic carbocycles. The van der Waals surface area contributed by atoms with E-state index in [1.54, 1.807) is 0 Å². The Balaban J connectivity index is 1.55. The smallest absolute Gasteiger partial charge is 0.0945 e. The van der Waals surface area contributed by atoms with Crippen LogP contribution in [0.5, 0.6) is 0 Å². The van der Waals surface area contributed by atoms with Gasteiger partial charge in [-0.1, -0.05) is 6.92 Å². The molecule has 0 aromatic carbocycles. The van der Waals surface area contributed by atoms with Crippen molar-refractivity contribution in [3.63, 3.8) is 0 Å². The van der Waals surface area contributed by atoms with E-state index >= 15 is 0 Å². The first-order valence-electron chi connectivity index (χ1n) is 6.03. The highest BCUT2D eigenvalue weighted by Gasteiger charge is 2.19. The Hall–Kier alpha value is -0.830. The third kappa shape index (κ3) is 3.34. The van der Waals surface area contributed by atoms with Gasteiger partial charge in [0.25, 0.3) is 0 Å². The third-order valence-corrected chi connectivity index (χ3v) is 3.28. The number of hydrogen-bond donors (Lipinski definition) is 1. The van der Waals surface area contributed by atoms with E-state index < -0.39 is 0 Å². The summed E-state index contributed by atoms with van der Waals surface area (Å²) in [5, 5.41) is 3.64. The second kappa shape index (κ2) is 5.31. The van der Waals surface area contributed by atoms with E-state index in [4.69, 9.17) is 0 Å². The maximum atomic E-state index is 4.03. The highest BCUT2D eigenvalue weighted by molar-refractivity contribution is 4.78. The first-order chi connectivity index (χ1) is 7.34. The molecule has 2 atom stereocenters. The number of rotatable bonds is 5. The normalized spacial score (nSPS) is 25.9. The van der Waals surface area contributed by atoms with Crippen LogP contribution in [0.2, 0.25) is 0 Å². The van der Waals surface area contributed by atoms with Gasteiger partial charge in [-0.3, -0.25) is 0 Å². The zero-order valence-corrected chi connectivity index (χ0v) is 9.52. The molecule has 3 nitrogen and oxygen atoms in total. The van der Waals surface area contributed by atoms with Crippen LogP contribution < -0.4 is 5.32 Å². The molecule has 1 N–H and O–H groups in total. The zero-order chi connectivity index (χ0) is 10.5. The van der Waals surface area contributed by atoms with Crippen molar-refractivity contribution in [2.75, 3.05) is 6.54 Å². The Morgan fingerprint density at radius 3 is 3.07 bits per heavy atom.